The van der Waals surface area contributed by atoms with Crippen LogP contribution in [-0.4, -0.2) is 36.1 Å². The van der Waals surface area contributed by atoms with Gasteiger partial charge in [-0.3, -0.25) is 0 Å². The van der Waals surface area contributed by atoms with Crippen LogP contribution in [0.3, 0.4) is 0 Å². The van der Waals surface area contributed by atoms with Crippen LogP contribution in [-0.2, 0) is 4.74 Å². The van der Waals surface area contributed by atoms with E-state index >= 15 is 0 Å². The fourth-order valence-corrected chi connectivity index (χ4v) is 2.74. The van der Waals surface area contributed by atoms with Crippen molar-refractivity contribution in [2.24, 2.45) is 0 Å². The molecule has 0 atom stereocenters. The SMILES string of the molecule is COC(=O)c1cc(-c2cccc(OC)c2)n(-c2ccccc2OC(C)C)n1. The molecule has 0 aliphatic carbocycles. The molecule has 1 aromatic heterocycles. The summed E-state index contributed by atoms with van der Waals surface area (Å²) in [6.07, 6.45) is 0.00191. The van der Waals surface area contributed by atoms with E-state index in [1.54, 1.807) is 17.9 Å². The van der Waals surface area contributed by atoms with Crippen LogP contribution >= 0.6 is 0 Å². The zero-order chi connectivity index (χ0) is 19.4. The maximum Gasteiger partial charge on any atom is 0.358 e. The summed E-state index contributed by atoms with van der Waals surface area (Å²) < 4.78 is 17.8. The maximum absolute atomic E-state index is 12.1. The van der Waals surface area contributed by atoms with Crippen LogP contribution in [0.1, 0.15) is 24.3 Å². The zero-order valence-corrected chi connectivity index (χ0v) is 15.8. The molecule has 0 spiro atoms. The van der Waals surface area contributed by atoms with Crippen LogP contribution < -0.4 is 9.47 Å². The van der Waals surface area contributed by atoms with Gasteiger partial charge in [0, 0.05) is 5.56 Å². The molecule has 0 saturated heterocycles. The Morgan fingerprint density at radius 2 is 1.81 bits per heavy atom. The number of rotatable bonds is 6. The molecule has 0 N–H and O–H groups in total. The Morgan fingerprint density at radius 3 is 2.52 bits per heavy atom. The van der Waals surface area contributed by atoms with Gasteiger partial charge < -0.3 is 14.2 Å². The largest absolute Gasteiger partial charge is 0.497 e. The van der Waals surface area contributed by atoms with E-state index in [9.17, 15) is 4.79 Å². The number of hydrogen-bond donors (Lipinski definition) is 0. The number of nitrogens with zero attached hydrogens (tertiary/aromatic N) is 2. The fourth-order valence-electron chi connectivity index (χ4n) is 2.74. The summed E-state index contributed by atoms with van der Waals surface area (Å²) in [5.41, 5.74) is 2.54. The third-order valence-corrected chi connectivity index (χ3v) is 3.93. The third-order valence-electron chi connectivity index (χ3n) is 3.93. The molecular weight excluding hydrogens is 344 g/mol. The van der Waals surface area contributed by atoms with Crippen LogP contribution in [0.25, 0.3) is 16.9 Å². The van der Waals surface area contributed by atoms with E-state index in [0.29, 0.717) is 11.5 Å². The van der Waals surface area contributed by atoms with Gasteiger partial charge in [-0.2, -0.15) is 5.10 Å². The molecule has 27 heavy (non-hydrogen) atoms. The molecule has 140 valence electrons. The Labute approximate surface area is 158 Å². The van der Waals surface area contributed by atoms with Gasteiger partial charge in [0.25, 0.3) is 0 Å². The Hall–Kier alpha value is -3.28. The first-order valence-electron chi connectivity index (χ1n) is 8.62. The van der Waals surface area contributed by atoms with Gasteiger partial charge >= 0.3 is 5.97 Å². The summed E-state index contributed by atoms with van der Waals surface area (Å²) in [6.45, 7) is 3.92. The van der Waals surface area contributed by atoms with Gasteiger partial charge in [-0.1, -0.05) is 24.3 Å². The van der Waals surface area contributed by atoms with Crippen LogP contribution in [0.5, 0.6) is 11.5 Å². The molecule has 0 radical (unpaired) electrons. The summed E-state index contributed by atoms with van der Waals surface area (Å²) >= 11 is 0. The van der Waals surface area contributed by atoms with Crippen molar-refractivity contribution in [2.75, 3.05) is 14.2 Å². The number of esters is 1. The van der Waals surface area contributed by atoms with Crippen molar-refractivity contribution in [1.82, 2.24) is 9.78 Å². The van der Waals surface area contributed by atoms with Crippen molar-refractivity contribution in [3.8, 4) is 28.4 Å². The van der Waals surface area contributed by atoms with Crippen molar-refractivity contribution in [1.29, 1.82) is 0 Å². The van der Waals surface area contributed by atoms with Gasteiger partial charge in [-0.25, -0.2) is 9.48 Å². The smallest absolute Gasteiger partial charge is 0.358 e. The third kappa shape index (κ3) is 3.95. The van der Waals surface area contributed by atoms with E-state index in [4.69, 9.17) is 14.2 Å². The molecule has 0 aliphatic rings. The highest BCUT2D eigenvalue weighted by Gasteiger charge is 2.19. The van der Waals surface area contributed by atoms with Crippen LogP contribution in [0.15, 0.2) is 54.6 Å². The molecular formula is C21H22N2O4. The lowest BCUT2D eigenvalue weighted by Gasteiger charge is -2.16. The van der Waals surface area contributed by atoms with Crippen molar-refractivity contribution in [3.63, 3.8) is 0 Å². The van der Waals surface area contributed by atoms with Crippen molar-refractivity contribution < 1.29 is 19.0 Å². The first-order valence-corrected chi connectivity index (χ1v) is 8.62. The van der Waals surface area contributed by atoms with E-state index in [0.717, 1.165) is 16.9 Å². The highest BCUT2D eigenvalue weighted by atomic mass is 16.5. The molecule has 1 heterocycles. The van der Waals surface area contributed by atoms with E-state index in [-0.39, 0.29) is 11.8 Å². The predicted octanol–water partition coefficient (Wildman–Crippen LogP) is 4.12. The minimum atomic E-state index is -0.500. The first kappa shape index (κ1) is 18.5. The topological polar surface area (TPSA) is 62.6 Å². The van der Waals surface area contributed by atoms with Gasteiger partial charge in [-0.15, -0.1) is 0 Å². The second-order valence-electron chi connectivity index (χ2n) is 6.18. The van der Waals surface area contributed by atoms with Crippen molar-refractivity contribution in [3.05, 3.63) is 60.3 Å². The molecule has 0 bridgehead atoms. The van der Waals surface area contributed by atoms with E-state index in [2.05, 4.69) is 5.10 Å². The average molecular weight is 366 g/mol. The summed E-state index contributed by atoms with van der Waals surface area (Å²) in [5.74, 6) is 0.892. The number of aromatic nitrogens is 2. The summed E-state index contributed by atoms with van der Waals surface area (Å²) in [6, 6.07) is 16.9. The summed E-state index contributed by atoms with van der Waals surface area (Å²) in [4.78, 5) is 12.1. The summed E-state index contributed by atoms with van der Waals surface area (Å²) in [5, 5.41) is 4.47. The Bertz CT molecular complexity index is 947. The molecule has 0 saturated carbocycles. The van der Waals surface area contributed by atoms with Gasteiger partial charge in [0.15, 0.2) is 5.69 Å². The molecule has 6 nitrogen and oxygen atoms in total. The number of ether oxygens (including phenoxy) is 3. The van der Waals surface area contributed by atoms with Gasteiger partial charge in [0.2, 0.25) is 0 Å². The Morgan fingerprint density at radius 1 is 1.04 bits per heavy atom. The van der Waals surface area contributed by atoms with E-state index < -0.39 is 5.97 Å². The average Bonchev–Trinajstić information content (AvgIpc) is 3.12. The fraction of sp³-hybridized carbons (Fsp3) is 0.238. The lowest BCUT2D eigenvalue weighted by atomic mass is 10.1. The molecule has 2 aromatic carbocycles. The Balaban J connectivity index is 2.20. The maximum atomic E-state index is 12.1. The van der Waals surface area contributed by atoms with Crippen LogP contribution in [0.2, 0.25) is 0 Å². The normalized spacial score (nSPS) is 10.7. The van der Waals surface area contributed by atoms with E-state index in [1.807, 2.05) is 62.4 Å². The highest BCUT2D eigenvalue weighted by molar-refractivity contribution is 5.89. The lowest BCUT2D eigenvalue weighted by molar-refractivity contribution is 0.0593. The number of methoxy groups -OCH3 is 2. The van der Waals surface area contributed by atoms with Crippen molar-refractivity contribution in [2.45, 2.75) is 20.0 Å². The second-order valence-corrected chi connectivity index (χ2v) is 6.18. The number of benzene rings is 2. The van der Waals surface area contributed by atoms with Crippen LogP contribution in [0, 0.1) is 0 Å². The lowest BCUT2D eigenvalue weighted by Crippen LogP contribution is -2.10. The molecule has 0 amide bonds. The molecule has 0 aliphatic heterocycles. The molecule has 3 rings (SSSR count). The monoisotopic (exact) mass is 366 g/mol. The highest BCUT2D eigenvalue weighted by Crippen LogP contribution is 2.31. The molecule has 6 heteroatoms. The summed E-state index contributed by atoms with van der Waals surface area (Å²) in [7, 11) is 2.95. The second kappa shape index (κ2) is 7.95. The van der Waals surface area contributed by atoms with Crippen LogP contribution in [0.4, 0.5) is 0 Å². The minimum Gasteiger partial charge on any atom is -0.497 e. The van der Waals surface area contributed by atoms with Crippen molar-refractivity contribution >= 4 is 5.97 Å². The number of carbonyl (C=O) groups is 1. The van der Waals surface area contributed by atoms with Gasteiger partial charge in [0.1, 0.15) is 17.2 Å². The van der Waals surface area contributed by atoms with Gasteiger partial charge in [0.05, 0.1) is 26.0 Å². The molecule has 0 fully saturated rings. The minimum absolute atomic E-state index is 0.00191. The zero-order valence-electron chi connectivity index (χ0n) is 15.8. The quantitative estimate of drug-likeness (QED) is 0.614. The number of hydrogen-bond acceptors (Lipinski definition) is 5. The Kier molecular flexibility index (Phi) is 5.45. The number of para-hydroxylation sites is 2. The van der Waals surface area contributed by atoms with Gasteiger partial charge in [-0.05, 0) is 44.2 Å². The standard InChI is InChI=1S/C21H22N2O4/c1-14(2)27-20-11-6-5-10-18(20)23-19(13-17(22-23)21(24)26-4)15-8-7-9-16(12-15)25-3/h5-14H,1-4H3. The first-order chi connectivity index (χ1) is 13.0. The number of carbonyl (C=O) groups excluding carboxylic acids is 1. The molecule has 3 aromatic rings. The predicted molar refractivity (Wildman–Crippen MR) is 103 cm³/mol. The van der Waals surface area contributed by atoms with E-state index in [1.165, 1.54) is 7.11 Å². The molecule has 0 unspecified atom stereocenters.